The van der Waals surface area contributed by atoms with Gasteiger partial charge in [-0.2, -0.15) is 5.10 Å². The van der Waals surface area contributed by atoms with Crippen LogP contribution in [0.25, 0.3) is 0 Å². The van der Waals surface area contributed by atoms with Crippen LogP contribution in [0, 0.1) is 0 Å². The predicted molar refractivity (Wildman–Crippen MR) is 150 cm³/mol. The molecule has 1 amide bonds. The predicted octanol–water partition coefficient (Wildman–Crippen LogP) is 6.85. The summed E-state index contributed by atoms with van der Waals surface area (Å²) in [5, 5.41) is 4.64. The number of amides is 1. The third-order valence-corrected chi connectivity index (χ3v) is 6.04. The molecule has 8 heteroatoms. The average molecular weight is 549 g/mol. The lowest BCUT2D eigenvalue weighted by Gasteiger charge is -2.14. The molecule has 0 atom stereocenters. The molecule has 0 unspecified atom stereocenters. The minimum Gasteiger partial charge on any atom is -0.493 e. The molecule has 194 valence electrons. The van der Waals surface area contributed by atoms with Gasteiger partial charge in [-0.15, -0.1) is 0 Å². The van der Waals surface area contributed by atoms with E-state index in [1.807, 2.05) is 78.9 Å². The van der Waals surface area contributed by atoms with Crippen molar-refractivity contribution in [3.63, 3.8) is 0 Å². The van der Waals surface area contributed by atoms with Gasteiger partial charge in [-0.05, 0) is 46.5 Å². The molecular weight excluding hydrogens is 523 g/mol. The highest BCUT2D eigenvalue weighted by molar-refractivity contribution is 6.37. The van der Waals surface area contributed by atoms with Crippen molar-refractivity contribution in [2.24, 2.45) is 5.10 Å². The first kappa shape index (κ1) is 27.0. The molecule has 0 saturated heterocycles. The fraction of sp³-hybridized carbons (Fsp3) is 0.133. The number of nitrogens with one attached hydrogen (secondary N) is 1. The second kappa shape index (κ2) is 13.5. The molecular formula is C30H26Cl2N2O4. The number of hydrogen-bond acceptors (Lipinski definition) is 5. The Morgan fingerprint density at radius 3 is 2.08 bits per heavy atom. The Bertz CT molecular complexity index is 1370. The highest BCUT2D eigenvalue weighted by Gasteiger charge is 2.12. The van der Waals surface area contributed by atoms with E-state index >= 15 is 0 Å². The third kappa shape index (κ3) is 7.75. The molecule has 0 radical (unpaired) electrons. The molecule has 0 aliphatic heterocycles. The lowest BCUT2D eigenvalue weighted by Crippen LogP contribution is -2.19. The largest absolute Gasteiger partial charge is 0.493 e. The molecule has 4 aromatic rings. The number of hydrogen-bond donors (Lipinski definition) is 1. The van der Waals surface area contributed by atoms with E-state index in [0.717, 1.165) is 16.7 Å². The minimum atomic E-state index is -0.225. The lowest BCUT2D eigenvalue weighted by molar-refractivity contribution is -0.120. The fourth-order valence-corrected chi connectivity index (χ4v) is 4.22. The minimum absolute atomic E-state index is 0.220. The normalized spacial score (nSPS) is 10.8. The van der Waals surface area contributed by atoms with E-state index in [0.29, 0.717) is 39.5 Å². The van der Waals surface area contributed by atoms with Gasteiger partial charge in [0.1, 0.15) is 13.2 Å². The maximum absolute atomic E-state index is 12.1. The van der Waals surface area contributed by atoms with Gasteiger partial charge in [-0.25, -0.2) is 5.43 Å². The Hall–Kier alpha value is -4.00. The molecule has 0 spiro atoms. The molecule has 0 saturated carbocycles. The van der Waals surface area contributed by atoms with Gasteiger partial charge in [0.2, 0.25) is 5.91 Å². The molecule has 38 heavy (non-hydrogen) atoms. The summed E-state index contributed by atoms with van der Waals surface area (Å²) in [5.74, 6) is 1.36. The van der Waals surface area contributed by atoms with Gasteiger partial charge in [-0.1, -0.05) is 89.9 Å². The second-order valence-electron chi connectivity index (χ2n) is 8.32. The number of carbonyl (C=O) groups is 1. The zero-order valence-electron chi connectivity index (χ0n) is 20.7. The zero-order valence-corrected chi connectivity index (χ0v) is 22.2. The number of methoxy groups -OCH3 is 1. The third-order valence-electron chi connectivity index (χ3n) is 5.48. The quantitative estimate of drug-likeness (QED) is 0.164. The van der Waals surface area contributed by atoms with Crippen LogP contribution in [0.1, 0.15) is 22.3 Å². The van der Waals surface area contributed by atoms with Crippen LogP contribution in [-0.2, 0) is 24.4 Å². The summed E-state index contributed by atoms with van der Waals surface area (Å²) in [6, 6.07) is 28.2. The molecule has 0 bridgehead atoms. The number of ether oxygens (including phenoxy) is 3. The number of carbonyl (C=O) groups excluding carboxylic acids is 1. The van der Waals surface area contributed by atoms with E-state index in [4.69, 9.17) is 37.4 Å². The summed E-state index contributed by atoms with van der Waals surface area (Å²) < 4.78 is 17.3. The fourth-order valence-electron chi connectivity index (χ4n) is 3.60. The van der Waals surface area contributed by atoms with Crippen LogP contribution in [0.15, 0.2) is 96.1 Å². The maximum Gasteiger partial charge on any atom is 0.244 e. The Kier molecular flexibility index (Phi) is 9.62. The monoisotopic (exact) mass is 548 g/mol. The van der Waals surface area contributed by atoms with Crippen molar-refractivity contribution in [3.8, 4) is 17.2 Å². The van der Waals surface area contributed by atoms with E-state index in [1.165, 1.54) is 6.21 Å². The molecule has 0 aromatic heterocycles. The van der Waals surface area contributed by atoms with Crippen LogP contribution >= 0.6 is 23.2 Å². The van der Waals surface area contributed by atoms with E-state index in [9.17, 15) is 4.79 Å². The van der Waals surface area contributed by atoms with Crippen molar-refractivity contribution < 1.29 is 19.0 Å². The Morgan fingerprint density at radius 2 is 1.42 bits per heavy atom. The number of hydrazone groups is 1. The standard InChI is InChI=1S/C30H26Cl2N2O4/c1-36-28-16-23(12-13-27(28)37-19-22-10-6-3-7-11-22)20-38-30-25(31)14-24(15-26(30)32)18-33-34-29(35)17-21-8-4-2-5-9-21/h2-16,18H,17,19-20H2,1H3,(H,34,35)/b33-18+. The number of rotatable bonds is 11. The van der Waals surface area contributed by atoms with Gasteiger partial charge in [0, 0.05) is 0 Å². The van der Waals surface area contributed by atoms with E-state index in [-0.39, 0.29) is 18.9 Å². The van der Waals surface area contributed by atoms with Gasteiger partial charge in [0.25, 0.3) is 0 Å². The van der Waals surface area contributed by atoms with Gasteiger partial charge in [-0.3, -0.25) is 4.79 Å². The molecule has 0 aliphatic carbocycles. The Morgan fingerprint density at radius 1 is 0.789 bits per heavy atom. The van der Waals surface area contributed by atoms with Crippen LogP contribution in [0.5, 0.6) is 17.2 Å². The van der Waals surface area contributed by atoms with Crippen LogP contribution in [0.4, 0.5) is 0 Å². The number of nitrogens with zero attached hydrogens (tertiary/aromatic N) is 1. The Labute approximate surface area is 231 Å². The first-order valence-corrected chi connectivity index (χ1v) is 12.6. The summed E-state index contributed by atoms with van der Waals surface area (Å²) in [6.45, 7) is 0.655. The van der Waals surface area contributed by atoms with Crippen LogP contribution < -0.4 is 19.6 Å². The Balaban J connectivity index is 1.34. The maximum atomic E-state index is 12.1. The summed E-state index contributed by atoms with van der Waals surface area (Å²) in [4.78, 5) is 12.1. The zero-order chi connectivity index (χ0) is 26.7. The highest BCUT2D eigenvalue weighted by atomic mass is 35.5. The van der Waals surface area contributed by atoms with E-state index < -0.39 is 0 Å². The topological polar surface area (TPSA) is 69.2 Å². The van der Waals surface area contributed by atoms with Crippen molar-refractivity contribution in [1.82, 2.24) is 5.43 Å². The number of benzene rings is 4. The van der Waals surface area contributed by atoms with Gasteiger partial charge in [0.05, 0.1) is 29.8 Å². The lowest BCUT2D eigenvalue weighted by atomic mass is 10.1. The molecule has 4 rings (SSSR count). The van der Waals surface area contributed by atoms with Gasteiger partial charge >= 0.3 is 0 Å². The summed E-state index contributed by atoms with van der Waals surface area (Å²) in [6.07, 6.45) is 1.71. The van der Waals surface area contributed by atoms with E-state index in [1.54, 1.807) is 19.2 Å². The van der Waals surface area contributed by atoms with Crippen molar-refractivity contribution in [1.29, 1.82) is 0 Å². The molecule has 0 heterocycles. The summed E-state index contributed by atoms with van der Waals surface area (Å²) in [5.41, 5.74) is 5.94. The highest BCUT2D eigenvalue weighted by Crippen LogP contribution is 2.35. The van der Waals surface area contributed by atoms with Crippen molar-refractivity contribution >= 4 is 35.3 Å². The molecule has 4 aromatic carbocycles. The van der Waals surface area contributed by atoms with Crippen LogP contribution in [0.3, 0.4) is 0 Å². The summed E-state index contributed by atoms with van der Waals surface area (Å²) in [7, 11) is 1.59. The molecule has 0 aliphatic rings. The van der Waals surface area contributed by atoms with Crippen molar-refractivity contribution in [3.05, 3.63) is 123 Å². The smallest absolute Gasteiger partial charge is 0.244 e. The second-order valence-corrected chi connectivity index (χ2v) is 9.13. The van der Waals surface area contributed by atoms with Crippen LogP contribution in [-0.4, -0.2) is 19.2 Å². The first-order chi connectivity index (χ1) is 18.5. The molecule has 1 N–H and O–H groups in total. The SMILES string of the molecule is COc1cc(COc2c(Cl)cc(/C=N/NC(=O)Cc3ccccc3)cc2Cl)ccc1OCc1ccccc1. The van der Waals surface area contributed by atoms with Crippen molar-refractivity contribution in [2.45, 2.75) is 19.6 Å². The van der Waals surface area contributed by atoms with Crippen molar-refractivity contribution in [2.75, 3.05) is 7.11 Å². The summed E-state index contributed by atoms with van der Waals surface area (Å²) >= 11 is 12.9. The van der Waals surface area contributed by atoms with Crippen LogP contribution in [0.2, 0.25) is 10.0 Å². The molecule has 0 fully saturated rings. The number of halogens is 2. The first-order valence-electron chi connectivity index (χ1n) is 11.8. The average Bonchev–Trinajstić information content (AvgIpc) is 2.93. The molecule has 6 nitrogen and oxygen atoms in total. The van der Waals surface area contributed by atoms with E-state index in [2.05, 4.69) is 10.5 Å². The van der Waals surface area contributed by atoms with Gasteiger partial charge in [0.15, 0.2) is 17.2 Å². The van der Waals surface area contributed by atoms with Gasteiger partial charge < -0.3 is 14.2 Å².